The van der Waals surface area contributed by atoms with Crippen molar-refractivity contribution < 1.29 is 14.2 Å². The van der Waals surface area contributed by atoms with Gasteiger partial charge in [0.1, 0.15) is 17.3 Å². The molecule has 0 atom stereocenters. The first kappa shape index (κ1) is 13.4. The van der Waals surface area contributed by atoms with Crippen molar-refractivity contribution in [2.45, 2.75) is 13.1 Å². The van der Waals surface area contributed by atoms with Gasteiger partial charge in [-0.05, 0) is 23.8 Å². The Labute approximate surface area is 111 Å². The Morgan fingerprint density at radius 1 is 1.16 bits per heavy atom. The summed E-state index contributed by atoms with van der Waals surface area (Å²) in [6, 6.07) is 11.6. The van der Waals surface area contributed by atoms with Crippen LogP contribution in [-0.4, -0.2) is 12.2 Å². The number of halogens is 1. The molecule has 0 heterocycles. The first-order valence-electron chi connectivity index (χ1n) is 6.00. The van der Waals surface area contributed by atoms with Crippen LogP contribution in [0, 0.1) is 5.82 Å². The number of hydrogen-bond acceptors (Lipinski definition) is 3. The lowest BCUT2D eigenvalue weighted by molar-refractivity contribution is 0.406. The Hall–Kier alpha value is -2.07. The molecule has 2 N–H and O–H groups in total. The van der Waals surface area contributed by atoms with Gasteiger partial charge in [-0.3, -0.25) is 0 Å². The van der Waals surface area contributed by atoms with E-state index in [1.807, 2.05) is 6.07 Å². The lowest BCUT2D eigenvalue weighted by atomic mass is 10.1. The van der Waals surface area contributed by atoms with Gasteiger partial charge in [0.2, 0.25) is 0 Å². The zero-order valence-electron chi connectivity index (χ0n) is 10.7. The van der Waals surface area contributed by atoms with E-state index in [9.17, 15) is 9.50 Å². The van der Waals surface area contributed by atoms with E-state index in [0.29, 0.717) is 18.8 Å². The predicted octanol–water partition coefficient (Wildman–Crippen LogP) is 2.83. The zero-order chi connectivity index (χ0) is 13.7. The number of rotatable bonds is 5. The molecule has 0 aliphatic rings. The average molecular weight is 261 g/mol. The number of nitrogens with one attached hydrogen (secondary N) is 1. The van der Waals surface area contributed by atoms with Gasteiger partial charge in [0.15, 0.2) is 0 Å². The van der Waals surface area contributed by atoms with Crippen LogP contribution in [0.5, 0.6) is 11.5 Å². The fraction of sp³-hybridized carbons (Fsp3) is 0.200. The zero-order valence-corrected chi connectivity index (χ0v) is 10.7. The van der Waals surface area contributed by atoms with Gasteiger partial charge < -0.3 is 15.2 Å². The van der Waals surface area contributed by atoms with Gasteiger partial charge in [-0.15, -0.1) is 0 Å². The van der Waals surface area contributed by atoms with Crippen molar-refractivity contribution in [2.24, 2.45) is 0 Å². The highest BCUT2D eigenvalue weighted by atomic mass is 19.1. The minimum Gasteiger partial charge on any atom is -0.507 e. The van der Waals surface area contributed by atoms with Crippen LogP contribution in [0.25, 0.3) is 0 Å². The number of benzene rings is 2. The summed E-state index contributed by atoms with van der Waals surface area (Å²) in [4.78, 5) is 0. The second-order valence-electron chi connectivity index (χ2n) is 4.23. The summed E-state index contributed by atoms with van der Waals surface area (Å²) in [7, 11) is 1.55. The van der Waals surface area contributed by atoms with E-state index < -0.39 is 0 Å². The van der Waals surface area contributed by atoms with E-state index in [1.165, 1.54) is 12.1 Å². The topological polar surface area (TPSA) is 41.5 Å². The Bertz CT molecular complexity index is 558. The fourth-order valence-electron chi connectivity index (χ4n) is 1.81. The second-order valence-corrected chi connectivity index (χ2v) is 4.23. The monoisotopic (exact) mass is 261 g/mol. The highest BCUT2D eigenvalue weighted by Gasteiger charge is 2.03. The maximum absolute atomic E-state index is 13.0. The summed E-state index contributed by atoms with van der Waals surface area (Å²) < 4.78 is 18.0. The van der Waals surface area contributed by atoms with Crippen LogP contribution in [0.3, 0.4) is 0 Å². The Balaban J connectivity index is 1.92. The molecule has 0 bridgehead atoms. The largest absolute Gasteiger partial charge is 0.507 e. The van der Waals surface area contributed by atoms with Gasteiger partial charge in [0, 0.05) is 24.7 Å². The summed E-state index contributed by atoms with van der Waals surface area (Å²) in [6.45, 7) is 1.05. The van der Waals surface area contributed by atoms with Crippen LogP contribution in [0.2, 0.25) is 0 Å². The van der Waals surface area contributed by atoms with E-state index in [0.717, 1.165) is 11.1 Å². The minimum atomic E-state index is -0.244. The first-order valence-corrected chi connectivity index (χ1v) is 6.00. The SMILES string of the molecule is COc1ccc(CNCc2cccc(F)c2)c(O)c1. The third-order valence-electron chi connectivity index (χ3n) is 2.83. The summed E-state index contributed by atoms with van der Waals surface area (Å²) in [5.74, 6) is 0.559. The molecule has 19 heavy (non-hydrogen) atoms. The van der Waals surface area contributed by atoms with Crippen molar-refractivity contribution >= 4 is 0 Å². The van der Waals surface area contributed by atoms with Crippen LogP contribution in [0.15, 0.2) is 42.5 Å². The molecular formula is C15H16FNO2. The molecular weight excluding hydrogens is 245 g/mol. The molecule has 0 aliphatic carbocycles. The summed E-state index contributed by atoms with van der Waals surface area (Å²) in [6.07, 6.45) is 0. The van der Waals surface area contributed by atoms with E-state index in [1.54, 1.807) is 31.4 Å². The van der Waals surface area contributed by atoms with Gasteiger partial charge >= 0.3 is 0 Å². The van der Waals surface area contributed by atoms with E-state index in [4.69, 9.17) is 4.74 Å². The van der Waals surface area contributed by atoms with Crippen molar-refractivity contribution in [1.82, 2.24) is 5.32 Å². The smallest absolute Gasteiger partial charge is 0.123 e. The standard InChI is InChI=1S/C15H16FNO2/c1-19-14-6-5-12(15(18)8-14)10-17-9-11-3-2-4-13(16)7-11/h2-8,17-18H,9-10H2,1H3. The van der Waals surface area contributed by atoms with Gasteiger partial charge in [-0.2, -0.15) is 0 Å². The molecule has 0 aromatic heterocycles. The number of ether oxygens (including phenoxy) is 1. The molecule has 100 valence electrons. The average Bonchev–Trinajstić information content (AvgIpc) is 2.40. The Morgan fingerprint density at radius 2 is 2.00 bits per heavy atom. The van der Waals surface area contributed by atoms with Gasteiger partial charge in [0.05, 0.1) is 7.11 Å². The maximum atomic E-state index is 13.0. The van der Waals surface area contributed by atoms with Crippen LogP contribution in [0.1, 0.15) is 11.1 Å². The number of phenolic OH excluding ortho intramolecular Hbond substituents is 1. The van der Waals surface area contributed by atoms with Crippen molar-refractivity contribution in [3.05, 3.63) is 59.4 Å². The van der Waals surface area contributed by atoms with E-state index in [2.05, 4.69) is 5.32 Å². The highest BCUT2D eigenvalue weighted by molar-refractivity contribution is 5.39. The van der Waals surface area contributed by atoms with Crippen molar-refractivity contribution in [3.8, 4) is 11.5 Å². The lowest BCUT2D eigenvalue weighted by Gasteiger charge is -2.08. The Morgan fingerprint density at radius 3 is 2.68 bits per heavy atom. The number of phenols is 1. The molecule has 0 aliphatic heterocycles. The molecule has 0 unspecified atom stereocenters. The first-order chi connectivity index (χ1) is 9.19. The highest BCUT2D eigenvalue weighted by Crippen LogP contribution is 2.23. The minimum absolute atomic E-state index is 0.186. The number of methoxy groups -OCH3 is 1. The molecule has 0 fully saturated rings. The van der Waals surface area contributed by atoms with E-state index >= 15 is 0 Å². The summed E-state index contributed by atoms with van der Waals surface area (Å²) >= 11 is 0. The normalized spacial score (nSPS) is 10.4. The van der Waals surface area contributed by atoms with Crippen molar-refractivity contribution in [2.75, 3.05) is 7.11 Å². The molecule has 0 saturated carbocycles. The molecule has 3 nitrogen and oxygen atoms in total. The van der Waals surface area contributed by atoms with Gasteiger partial charge in [-0.25, -0.2) is 4.39 Å². The number of aromatic hydroxyl groups is 1. The predicted molar refractivity (Wildman–Crippen MR) is 71.6 cm³/mol. The molecule has 0 saturated heterocycles. The quantitative estimate of drug-likeness (QED) is 0.869. The second kappa shape index (κ2) is 6.20. The summed E-state index contributed by atoms with van der Waals surface area (Å²) in [5, 5.41) is 12.9. The van der Waals surface area contributed by atoms with Crippen LogP contribution >= 0.6 is 0 Å². The maximum Gasteiger partial charge on any atom is 0.123 e. The molecule has 2 aromatic rings. The molecule has 2 aromatic carbocycles. The molecule has 0 amide bonds. The van der Waals surface area contributed by atoms with Crippen LogP contribution in [-0.2, 0) is 13.1 Å². The lowest BCUT2D eigenvalue weighted by Crippen LogP contribution is -2.12. The third kappa shape index (κ3) is 3.69. The fourth-order valence-corrected chi connectivity index (χ4v) is 1.81. The van der Waals surface area contributed by atoms with Crippen molar-refractivity contribution in [3.63, 3.8) is 0 Å². The molecule has 2 rings (SSSR count). The summed E-state index contributed by atoms with van der Waals surface area (Å²) in [5.41, 5.74) is 1.64. The van der Waals surface area contributed by atoms with Crippen LogP contribution < -0.4 is 10.1 Å². The van der Waals surface area contributed by atoms with Crippen LogP contribution in [0.4, 0.5) is 4.39 Å². The van der Waals surface area contributed by atoms with Gasteiger partial charge in [-0.1, -0.05) is 18.2 Å². The van der Waals surface area contributed by atoms with Crippen molar-refractivity contribution in [1.29, 1.82) is 0 Å². The molecule has 0 radical (unpaired) electrons. The molecule has 4 heteroatoms. The van der Waals surface area contributed by atoms with E-state index in [-0.39, 0.29) is 11.6 Å². The number of hydrogen-bond donors (Lipinski definition) is 2. The third-order valence-corrected chi connectivity index (χ3v) is 2.83. The Kier molecular flexibility index (Phi) is 4.36. The molecule has 0 spiro atoms. The van der Waals surface area contributed by atoms with Gasteiger partial charge in [0.25, 0.3) is 0 Å².